The van der Waals surface area contributed by atoms with E-state index < -0.39 is 0 Å². The summed E-state index contributed by atoms with van der Waals surface area (Å²) in [6.07, 6.45) is 1.89. The zero-order valence-electron chi connectivity index (χ0n) is 8.99. The van der Waals surface area contributed by atoms with Crippen LogP contribution in [-0.2, 0) is 6.42 Å². The third kappa shape index (κ3) is 2.07. The number of nitrogens with one attached hydrogen (secondary N) is 1. The molecular formula is C12H17NO2. The summed E-state index contributed by atoms with van der Waals surface area (Å²) in [5.41, 5.74) is 2.41. The molecule has 0 bridgehead atoms. The molecule has 2 rings (SSSR count). The van der Waals surface area contributed by atoms with Gasteiger partial charge < -0.3 is 15.2 Å². The summed E-state index contributed by atoms with van der Waals surface area (Å²) in [6, 6.07) is 6.10. The van der Waals surface area contributed by atoms with Gasteiger partial charge in [0.1, 0.15) is 5.75 Å². The molecule has 1 atom stereocenters. The summed E-state index contributed by atoms with van der Waals surface area (Å²) < 4.78 is 5.30. The molecule has 0 fully saturated rings. The van der Waals surface area contributed by atoms with Crippen molar-refractivity contribution in [2.45, 2.75) is 12.8 Å². The number of fused-ring (bicyclic) bond motifs is 1. The first-order valence-electron chi connectivity index (χ1n) is 5.35. The molecule has 1 aliphatic heterocycles. The Labute approximate surface area is 90.1 Å². The standard InChI is InChI=1S/C12H17NO2/c1-15-11-4-2-3-10-7-9(5-6-14)8-13-12(10)11/h2-4,9,13-14H,5-8H2,1H3. The fourth-order valence-corrected chi connectivity index (χ4v) is 2.13. The minimum atomic E-state index is 0.269. The fraction of sp³-hybridized carbons (Fsp3) is 0.500. The fourth-order valence-electron chi connectivity index (χ4n) is 2.13. The predicted octanol–water partition coefficient (Wildman–Crippen LogP) is 1.66. The van der Waals surface area contributed by atoms with Crippen LogP contribution in [-0.4, -0.2) is 25.4 Å². The number of aliphatic hydroxyl groups is 1. The van der Waals surface area contributed by atoms with E-state index in [4.69, 9.17) is 9.84 Å². The van der Waals surface area contributed by atoms with Crippen LogP contribution in [0.25, 0.3) is 0 Å². The Hall–Kier alpha value is -1.22. The van der Waals surface area contributed by atoms with Gasteiger partial charge in [-0.2, -0.15) is 0 Å². The second-order valence-corrected chi connectivity index (χ2v) is 3.96. The lowest BCUT2D eigenvalue weighted by molar-refractivity contribution is 0.258. The number of benzene rings is 1. The molecule has 1 unspecified atom stereocenters. The third-order valence-corrected chi connectivity index (χ3v) is 2.95. The molecule has 1 heterocycles. The predicted molar refractivity (Wildman–Crippen MR) is 60.4 cm³/mol. The first kappa shape index (κ1) is 10.3. The van der Waals surface area contributed by atoms with Gasteiger partial charge in [0.15, 0.2) is 0 Å². The molecule has 15 heavy (non-hydrogen) atoms. The summed E-state index contributed by atoms with van der Waals surface area (Å²) in [6.45, 7) is 1.19. The van der Waals surface area contributed by atoms with Crippen molar-refractivity contribution in [3.63, 3.8) is 0 Å². The Balaban J connectivity index is 2.20. The number of hydrogen-bond acceptors (Lipinski definition) is 3. The van der Waals surface area contributed by atoms with Gasteiger partial charge in [-0.05, 0) is 30.4 Å². The molecule has 0 aliphatic carbocycles. The average Bonchev–Trinajstić information content (AvgIpc) is 2.28. The van der Waals surface area contributed by atoms with Crippen LogP contribution in [0, 0.1) is 5.92 Å². The molecule has 2 N–H and O–H groups in total. The van der Waals surface area contributed by atoms with Crippen LogP contribution >= 0.6 is 0 Å². The van der Waals surface area contributed by atoms with E-state index in [-0.39, 0.29) is 6.61 Å². The van der Waals surface area contributed by atoms with Crippen molar-refractivity contribution in [2.75, 3.05) is 25.6 Å². The van der Waals surface area contributed by atoms with E-state index in [0.29, 0.717) is 5.92 Å². The number of rotatable bonds is 3. The van der Waals surface area contributed by atoms with Gasteiger partial charge in [0, 0.05) is 13.2 Å². The van der Waals surface area contributed by atoms with E-state index in [1.807, 2.05) is 12.1 Å². The van der Waals surface area contributed by atoms with Gasteiger partial charge in [-0.1, -0.05) is 12.1 Å². The van der Waals surface area contributed by atoms with Crippen molar-refractivity contribution in [1.82, 2.24) is 0 Å². The lowest BCUT2D eigenvalue weighted by Crippen LogP contribution is -2.24. The third-order valence-electron chi connectivity index (χ3n) is 2.95. The summed E-state index contributed by atoms with van der Waals surface area (Å²) in [5, 5.41) is 12.3. The summed E-state index contributed by atoms with van der Waals surface area (Å²) in [5.74, 6) is 1.45. The SMILES string of the molecule is COc1cccc2c1NCC(CCO)C2. The van der Waals surface area contributed by atoms with E-state index in [0.717, 1.165) is 30.8 Å². The Morgan fingerprint density at radius 2 is 2.40 bits per heavy atom. The summed E-state index contributed by atoms with van der Waals surface area (Å²) in [4.78, 5) is 0. The Kier molecular flexibility index (Phi) is 3.11. The molecule has 0 amide bonds. The highest BCUT2D eigenvalue weighted by Crippen LogP contribution is 2.33. The van der Waals surface area contributed by atoms with Crippen LogP contribution < -0.4 is 10.1 Å². The summed E-state index contributed by atoms with van der Waals surface area (Å²) in [7, 11) is 1.69. The molecule has 3 heteroatoms. The normalized spacial score (nSPS) is 19.2. The van der Waals surface area contributed by atoms with Crippen molar-refractivity contribution in [2.24, 2.45) is 5.92 Å². The second-order valence-electron chi connectivity index (χ2n) is 3.96. The van der Waals surface area contributed by atoms with E-state index in [2.05, 4.69) is 11.4 Å². The molecule has 0 saturated heterocycles. The van der Waals surface area contributed by atoms with Crippen LogP contribution in [0.4, 0.5) is 5.69 Å². The lowest BCUT2D eigenvalue weighted by atomic mass is 9.91. The van der Waals surface area contributed by atoms with Crippen LogP contribution in [0.15, 0.2) is 18.2 Å². The van der Waals surface area contributed by atoms with Gasteiger partial charge in [0.05, 0.1) is 12.8 Å². The zero-order valence-corrected chi connectivity index (χ0v) is 8.99. The molecule has 1 aliphatic rings. The molecule has 1 aromatic carbocycles. The first-order chi connectivity index (χ1) is 7.35. The first-order valence-corrected chi connectivity index (χ1v) is 5.35. The monoisotopic (exact) mass is 207 g/mol. The Bertz CT molecular complexity index is 338. The number of hydrogen-bond donors (Lipinski definition) is 2. The number of aliphatic hydroxyl groups excluding tert-OH is 1. The molecule has 1 aromatic rings. The zero-order chi connectivity index (χ0) is 10.7. The smallest absolute Gasteiger partial charge is 0.142 e. The van der Waals surface area contributed by atoms with Crippen LogP contribution in [0.2, 0.25) is 0 Å². The number of anilines is 1. The van der Waals surface area contributed by atoms with Gasteiger partial charge in [0.25, 0.3) is 0 Å². The van der Waals surface area contributed by atoms with Crippen molar-refractivity contribution in [1.29, 1.82) is 0 Å². The van der Waals surface area contributed by atoms with E-state index in [1.54, 1.807) is 7.11 Å². The lowest BCUT2D eigenvalue weighted by Gasteiger charge is -2.26. The highest BCUT2D eigenvalue weighted by molar-refractivity contribution is 5.63. The molecule has 0 saturated carbocycles. The topological polar surface area (TPSA) is 41.5 Å². The maximum atomic E-state index is 8.91. The van der Waals surface area contributed by atoms with Crippen LogP contribution in [0.1, 0.15) is 12.0 Å². The largest absolute Gasteiger partial charge is 0.495 e. The summed E-state index contributed by atoms with van der Waals surface area (Å²) >= 11 is 0. The maximum Gasteiger partial charge on any atom is 0.142 e. The van der Waals surface area contributed by atoms with Crippen molar-refractivity contribution >= 4 is 5.69 Å². The molecular weight excluding hydrogens is 190 g/mol. The minimum Gasteiger partial charge on any atom is -0.495 e. The van der Waals surface area contributed by atoms with Gasteiger partial charge >= 0.3 is 0 Å². The molecule has 0 aromatic heterocycles. The second kappa shape index (κ2) is 4.53. The Morgan fingerprint density at radius 3 is 3.13 bits per heavy atom. The van der Waals surface area contributed by atoms with Gasteiger partial charge in [-0.25, -0.2) is 0 Å². The van der Waals surface area contributed by atoms with Crippen molar-refractivity contribution in [3.8, 4) is 5.75 Å². The number of methoxy groups -OCH3 is 1. The number of ether oxygens (including phenoxy) is 1. The van der Waals surface area contributed by atoms with Crippen LogP contribution in [0.5, 0.6) is 5.75 Å². The van der Waals surface area contributed by atoms with E-state index in [9.17, 15) is 0 Å². The average molecular weight is 207 g/mol. The molecule has 0 radical (unpaired) electrons. The van der Waals surface area contributed by atoms with E-state index in [1.165, 1.54) is 5.56 Å². The maximum absolute atomic E-state index is 8.91. The van der Waals surface area contributed by atoms with Crippen molar-refractivity contribution in [3.05, 3.63) is 23.8 Å². The van der Waals surface area contributed by atoms with Gasteiger partial charge in [-0.3, -0.25) is 0 Å². The number of para-hydroxylation sites is 1. The Morgan fingerprint density at radius 1 is 1.53 bits per heavy atom. The van der Waals surface area contributed by atoms with E-state index >= 15 is 0 Å². The van der Waals surface area contributed by atoms with Crippen LogP contribution in [0.3, 0.4) is 0 Å². The highest BCUT2D eigenvalue weighted by Gasteiger charge is 2.19. The highest BCUT2D eigenvalue weighted by atomic mass is 16.5. The van der Waals surface area contributed by atoms with Crippen molar-refractivity contribution < 1.29 is 9.84 Å². The molecule has 0 spiro atoms. The van der Waals surface area contributed by atoms with Gasteiger partial charge in [-0.15, -0.1) is 0 Å². The molecule has 3 nitrogen and oxygen atoms in total. The van der Waals surface area contributed by atoms with Gasteiger partial charge in [0.2, 0.25) is 0 Å². The quantitative estimate of drug-likeness (QED) is 0.792. The minimum absolute atomic E-state index is 0.269. The molecule has 82 valence electrons.